The van der Waals surface area contributed by atoms with Crippen LogP contribution in [0.1, 0.15) is 10.6 Å². The Morgan fingerprint density at radius 1 is 1.15 bits per heavy atom. The Balaban J connectivity index is 2.15. The number of nitrogens with zero attached hydrogens (tertiary/aromatic N) is 3. The summed E-state index contributed by atoms with van der Waals surface area (Å²) < 4.78 is 68.6. The minimum atomic E-state index is -4.68. The lowest BCUT2D eigenvalue weighted by Crippen LogP contribution is -2.15. The lowest BCUT2D eigenvalue weighted by Gasteiger charge is -2.10. The molecule has 0 aliphatic rings. The number of para-hydroxylation sites is 1. The van der Waals surface area contributed by atoms with Crippen LogP contribution >= 0.6 is 11.3 Å². The first kappa shape index (κ1) is 25.1. The average molecular weight is 511 g/mol. The third-order valence-electron chi connectivity index (χ3n) is 4.32. The number of aromatic nitrogens is 2. The molecule has 0 saturated carbocycles. The van der Waals surface area contributed by atoms with Crippen LogP contribution in [0, 0.1) is 0 Å². The van der Waals surface area contributed by atoms with E-state index in [1.54, 1.807) is 6.07 Å². The molecule has 0 atom stereocenters. The third kappa shape index (κ3) is 5.85. The highest BCUT2D eigenvalue weighted by Crippen LogP contribution is 2.36. The molecule has 1 aromatic heterocycles. The van der Waals surface area contributed by atoms with E-state index in [0.717, 1.165) is 42.9 Å². The van der Waals surface area contributed by atoms with Gasteiger partial charge in [-0.1, -0.05) is 35.6 Å². The molecule has 0 amide bonds. The highest BCUT2D eigenvalue weighted by molar-refractivity contribution is 7.90. The summed E-state index contributed by atoms with van der Waals surface area (Å²) in [6, 6.07) is 10.6. The number of carbonyl (C=O) groups is 1. The average Bonchev–Trinajstić information content (AvgIpc) is 3.27. The highest BCUT2D eigenvalue weighted by Gasteiger charge is 2.33. The number of nitrogens with two attached hydrogens (primary N) is 1. The van der Waals surface area contributed by atoms with Crippen LogP contribution < -0.4 is 5.73 Å². The molecule has 0 aliphatic heterocycles. The van der Waals surface area contributed by atoms with Crippen molar-refractivity contribution in [3.05, 3.63) is 70.9 Å². The maximum Gasteiger partial charge on any atom is 0.418 e. The van der Waals surface area contributed by atoms with Crippen molar-refractivity contribution in [1.29, 1.82) is 0 Å². The molecule has 0 aliphatic carbocycles. The lowest BCUT2D eigenvalue weighted by molar-refractivity contribution is -0.137. The normalized spacial score (nSPS) is 13.1. The second-order valence-electron chi connectivity index (χ2n) is 6.82. The van der Waals surface area contributed by atoms with Gasteiger partial charge in [-0.3, -0.25) is 0 Å². The van der Waals surface area contributed by atoms with Gasteiger partial charge in [0.25, 0.3) is 0 Å². The fraction of sp³-hybridized carbons (Fsp3) is 0.143. The summed E-state index contributed by atoms with van der Waals surface area (Å²) in [6.45, 7) is 0. The summed E-state index contributed by atoms with van der Waals surface area (Å²) in [5.74, 6) is -0.914. The summed E-state index contributed by atoms with van der Waals surface area (Å²) in [4.78, 5) is 15.9. The minimum Gasteiger partial charge on any atom is -0.464 e. The van der Waals surface area contributed by atoms with Crippen LogP contribution in [0.2, 0.25) is 0 Å². The molecular weight excluding hydrogens is 493 g/mol. The third-order valence-corrected chi connectivity index (χ3v) is 6.42. The summed E-state index contributed by atoms with van der Waals surface area (Å²) in [7, 11) is -2.39. The first-order chi connectivity index (χ1) is 15.9. The Morgan fingerprint density at radius 3 is 2.50 bits per heavy atom. The molecule has 0 unspecified atom stereocenters. The van der Waals surface area contributed by atoms with E-state index in [-0.39, 0.29) is 20.6 Å². The number of methoxy groups -OCH3 is 1. The fourth-order valence-corrected chi connectivity index (χ4v) is 4.18. The van der Waals surface area contributed by atoms with Gasteiger partial charge in [-0.2, -0.15) is 13.2 Å². The number of alkyl halides is 3. The zero-order valence-electron chi connectivity index (χ0n) is 17.7. The smallest absolute Gasteiger partial charge is 0.418 e. The summed E-state index contributed by atoms with van der Waals surface area (Å²) in [5.41, 5.74) is 4.13. The fourth-order valence-electron chi connectivity index (χ4n) is 2.71. The van der Waals surface area contributed by atoms with Gasteiger partial charge in [0.05, 0.1) is 23.3 Å². The number of hydrogen-bond acceptors (Lipinski definition) is 9. The Kier molecular flexibility index (Phi) is 7.17. The molecule has 13 heteroatoms. The molecule has 2 aromatic carbocycles. The van der Waals surface area contributed by atoms with Gasteiger partial charge in [-0.05, 0) is 30.3 Å². The number of carbonyl (C=O) groups excluding carboxylic acids is 1. The molecule has 2 N–H and O–H groups in total. The first-order valence-corrected chi connectivity index (χ1v) is 12.1. The van der Waals surface area contributed by atoms with E-state index in [9.17, 15) is 26.4 Å². The number of rotatable bonds is 6. The number of benzene rings is 2. The van der Waals surface area contributed by atoms with Gasteiger partial charge in [0.15, 0.2) is 14.8 Å². The molecule has 178 valence electrons. The quantitative estimate of drug-likeness (QED) is 0.304. The van der Waals surface area contributed by atoms with Crippen LogP contribution in [0.25, 0.3) is 10.6 Å². The Hall–Kier alpha value is -3.58. The van der Waals surface area contributed by atoms with Gasteiger partial charge in [0.2, 0.25) is 0 Å². The van der Waals surface area contributed by atoms with Gasteiger partial charge >= 0.3 is 12.1 Å². The van der Waals surface area contributed by atoms with Gasteiger partial charge in [-0.25, -0.2) is 18.2 Å². The van der Waals surface area contributed by atoms with Crippen LogP contribution in [0.4, 0.5) is 18.9 Å². The lowest BCUT2D eigenvalue weighted by atomic mass is 10.1. The van der Waals surface area contributed by atoms with E-state index in [1.807, 2.05) is 0 Å². The van der Waals surface area contributed by atoms with Crippen LogP contribution in [-0.2, 0) is 25.5 Å². The number of hydrogen-bond donors (Lipinski definition) is 1. The molecule has 0 saturated heterocycles. The van der Waals surface area contributed by atoms with Crippen molar-refractivity contribution in [3.8, 4) is 10.6 Å². The number of aliphatic imine (C=N–C) groups is 1. The number of allylic oxidation sites excluding steroid dienone is 1. The molecule has 34 heavy (non-hydrogen) atoms. The minimum absolute atomic E-state index is 0.0450. The zero-order chi connectivity index (χ0) is 25.1. The van der Waals surface area contributed by atoms with Crippen molar-refractivity contribution in [2.75, 3.05) is 13.4 Å². The molecule has 0 radical (unpaired) electrons. The number of halogens is 3. The van der Waals surface area contributed by atoms with Crippen LogP contribution in [-0.4, -0.2) is 43.7 Å². The second-order valence-corrected chi connectivity index (χ2v) is 9.81. The number of ether oxygens (including phenoxy) is 1. The van der Waals surface area contributed by atoms with E-state index < -0.39 is 38.9 Å². The van der Waals surface area contributed by atoms with Gasteiger partial charge in [-0.15, -0.1) is 10.2 Å². The molecule has 3 aromatic rings. The molecular formula is C21H17F3N4O4S2. The maximum atomic E-state index is 13.4. The van der Waals surface area contributed by atoms with Crippen molar-refractivity contribution < 1.29 is 31.1 Å². The van der Waals surface area contributed by atoms with Crippen molar-refractivity contribution >= 4 is 38.5 Å². The molecule has 0 spiro atoms. The summed E-state index contributed by atoms with van der Waals surface area (Å²) in [6.07, 6.45) is -2.59. The van der Waals surface area contributed by atoms with Gasteiger partial charge in [0, 0.05) is 11.8 Å². The molecule has 0 bridgehead atoms. The van der Waals surface area contributed by atoms with Crippen LogP contribution in [0.3, 0.4) is 0 Å². The van der Waals surface area contributed by atoms with E-state index >= 15 is 0 Å². The van der Waals surface area contributed by atoms with Crippen molar-refractivity contribution in [2.24, 2.45) is 10.7 Å². The second kappa shape index (κ2) is 9.73. The Bertz CT molecular complexity index is 1400. The van der Waals surface area contributed by atoms with Crippen LogP contribution in [0.15, 0.2) is 70.2 Å². The van der Waals surface area contributed by atoms with Crippen LogP contribution in [0.5, 0.6) is 0 Å². The van der Waals surface area contributed by atoms with E-state index in [0.29, 0.717) is 5.56 Å². The zero-order valence-corrected chi connectivity index (χ0v) is 19.3. The Labute approximate surface area is 196 Å². The van der Waals surface area contributed by atoms with Crippen molar-refractivity contribution in [3.63, 3.8) is 0 Å². The van der Waals surface area contributed by atoms with E-state index in [1.165, 1.54) is 30.3 Å². The van der Waals surface area contributed by atoms with Crippen molar-refractivity contribution in [2.45, 2.75) is 11.1 Å². The molecule has 0 fully saturated rings. The number of esters is 1. The standard InChI is InChI=1S/C21H17F3N4O4S2/c1-32-20(29)15(25)11-17(26-16-9-4-3-8-14(16)21(22,23)24)19-28-27-18(33-19)12-6-5-7-13(10-12)34(2,30)31/h3-11H,25H2,1-2H3. The Morgan fingerprint density at radius 2 is 1.85 bits per heavy atom. The summed E-state index contributed by atoms with van der Waals surface area (Å²) >= 11 is 0.926. The monoisotopic (exact) mass is 510 g/mol. The topological polar surface area (TPSA) is 125 Å². The maximum absolute atomic E-state index is 13.4. The predicted molar refractivity (Wildman–Crippen MR) is 120 cm³/mol. The molecule has 1 heterocycles. The predicted octanol–water partition coefficient (Wildman–Crippen LogP) is 3.76. The van der Waals surface area contributed by atoms with Crippen molar-refractivity contribution in [1.82, 2.24) is 10.2 Å². The highest BCUT2D eigenvalue weighted by atomic mass is 32.2. The van der Waals surface area contributed by atoms with E-state index in [4.69, 9.17) is 5.73 Å². The SMILES string of the molecule is COC(=O)C(N)=CC(=Nc1ccccc1C(F)(F)F)c1nnc(-c2cccc(S(C)(=O)=O)c2)s1. The van der Waals surface area contributed by atoms with Gasteiger partial charge in [0.1, 0.15) is 16.4 Å². The number of sulfone groups is 1. The first-order valence-electron chi connectivity index (χ1n) is 9.35. The van der Waals surface area contributed by atoms with Gasteiger partial charge < -0.3 is 10.5 Å². The van der Waals surface area contributed by atoms with E-state index in [2.05, 4.69) is 19.9 Å². The largest absolute Gasteiger partial charge is 0.464 e. The summed E-state index contributed by atoms with van der Waals surface area (Å²) in [5, 5.41) is 8.29. The molecule has 8 nitrogen and oxygen atoms in total. The molecule has 3 rings (SSSR count).